The van der Waals surface area contributed by atoms with Gasteiger partial charge in [-0.3, -0.25) is 9.59 Å². The molecule has 1 aliphatic heterocycles. The Morgan fingerprint density at radius 3 is 2.59 bits per heavy atom. The van der Waals surface area contributed by atoms with Gasteiger partial charge in [-0.1, -0.05) is 28.1 Å². The molecule has 2 N–H and O–H groups in total. The molecule has 1 amide bonds. The van der Waals surface area contributed by atoms with Gasteiger partial charge in [0.25, 0.3) is 5.91 Å². The predicted molar refractivity (Wildman–Crippen MR) is 94.8 cm³/mol. The minimum atomic E-state index is -1.83. The molecule has 2 aromatic carbocycles. The Hall–Kier alpha value is -1.25. The van der Waals surface area contributed by atoms with Crippen LogP contribution in [-0.2, 0) is 10.4 Å². The van der Waals surface area contributed by atoms with Crippen LogP contribution in [0.15, 0.2) is 46.9 Å². The molecule has 1 heterocycles. The average Bonchev–Trinajstić information content (AvgIpc) is 2.71. The zero-order valence-corrected chi connectivity index (χ0v) is 15.0. The van der Waals surface area contributed by atoms with Crippen molar-refractivity contribution in [1.82, 2.24) is 0 Å². The maximum Gasteiger partial charge on any atom is 0.261 e. The first kappa shape index (κ1) is 15.6. The second-order valence-electron chi connectivity index (χ2n) is 5.11. The van der Waals surface area contributed by atoms with Gasteiger partial charge in [-0.15, -0.1) is 0 Å². The molecule has 0 aliphatic carbocycles. The number of nitrogens with one attached hydrogen (secondary N) is 1. The first-order valence-electron chi connectivity index (χ1n) is 6.53. The van der Waals surface area contributed by atoms with Crippen LogP contribution in [0, 0.1) is 3.57 Å². The van der Waals surface area contributed by atoms with Crippen molar-refractivity contribution in [3.8, 4) is 0 Å². The molecule has 3 rings (SSSR count). The summed E-state index contributed by atoms with van der Waals surface area (Å²) in [6.45, 7) is 0. The fraction of sp³-hybridized carbons (Fsp3) is 0.125. The van der Waals surface area contributed by atoms with E-state index in [2.05, 4.69) is 43.8 Å². The van der Waals surface area contributed by atoms with Crippen LogP contribution in [0.25, 0.3) is 0 Å². The highest BCUT2D eigenvalue weighted by Crippen LogP contribution is 2.40. The highest BCUT2D eigenvalue weighted by Gasteiger charge is 2.46. The number of hydrogen-bond acceptors (Lipinski definition) is 3. The van der Waals surface area contributed by atoms with Crippen molar-refractivity contribution in [2.24, 2.45) is 0 Å². The Kier molecular flexibility index (Phi) is 4.09. The van der Waals surface area contributed by atoms with Gasteiger partial charge in [0.2, 0.25) is 0 Å². The summed E-state index contributed by atoms with van der Waals surface area (Å²) >= 11 is 5.47. The molecule has 0 fully saturated rings. The van der Waals surface area contributed by atoms with E-state index in [-0.39, 0.29) is 12.2 Å². The lowest BCUT2D eigenvalue weighted by Gasteiger charge is -2.20. The summed E-state index contributed by atoms with van der Waals surface area (Å²) in [5.74, 6) is -0.846. The third-order valence-corrected chi connectivity index (χ3v) is 4.85. The van der Waals surface area contributed by atoms with Crippen molar-refractivity contribution in [2.45, 2.75) is 12.0 Å². The molecule has 0 spiro atoms. The number of hydrogen-bond donors (Lipinski definition) is 2. The predicted octanol–water partition coefficient (Wildman–Crippen LogP) is 3.47. The van der Waals surface area contributed by atoms with Gasteiger partial charge >= 0.3 is 0 Å². The van der Waals surface area contributed by atoms with Crippen molar-refractivity contribution in [3.05, 3.63) is 61.6 Å². The van der Waals surface area contributed by atoms with Crippen LogP contribution in [0.1, 0.15) is 22.3 Å². The summed E-state index contributed by atoms with van der Waals surface area (Å²) in [6, 6.07) is 12.2. The van der Waals surface area contributed by atoms with E-state index in [0.717, 1.165) is 8.04 Å². The maximum atomic E-state index is 12.4. The summed E-state index contributed by atoms with van der Waals surface area (Å²) in [7, 11) is 0. The molecule has 112 valence electrons. The van der Waals surface area contributed by atoms with Crippen molar-refractivity contribution >= 4 is 55.9 Å². The molecule has 0 aromatic heterocycles. The average molecular weight is 472 g/mol. The molecule has 6 heteroatoms. The van der Waals surface area contributed by atoms with Gasteiger partial charge in [0, 0.05) is 24.9 Å². The zero-order chi connectivity index (χ0) is 15.9. The molecule has 1 atom stereocenters. The van der Waals surface area contributed by atoms with Crippen LogP contribution >= 0.6 is 38.5 Å². The monoisotopic (exact) mass is 471 g/mol. The topological polar surface area (TPSA) is 66.4 Å². The smallest absolute Gasteiger partial charge is 0.261 e. The number of aliphatic hydroxyl groups is 1. The number of amides is 1. The van der Waals surface area contributed by atoms with E-state index in [1.54, 1.807) is 30.3 Å². The van der Waals surface area contributed by atoms with Gasteiger partial charge in [-0.2, -0.15) is 0 Å². The van der Waals surface area contributed by atoms with Crippen LogP contribution in [0.2, 0.25) is 0 Å². The number of carbonyl (C=O) groups excluding carboxylic acids is 2. The third-order valence-electron chi connectivity index (χ3n) is 3.63. The molecule has 1 aliphatic rings. The van der Waals surface area contributed by atoms with Crippen molar-refractivity contribution in [1.29, 1.82) is 0 Å². The largest absolute Gasteiger partial charge is 0.375 e. The van der Waals surface area contributed by atoms with Gasteiger partial charge in [-0.25, -0.2) is 0 Å². The summed E-state index contributed by atoms with van der Waals surface area (Å²) < 4.78 is 1.75. The van der Waals surface area contributed by atoms with Crippen LogP contribution in [0.5, 0.6) is 0 Å². The van der Waals surface area contributed by atoms with Gasteiger partial charge in [0.15, 0.2) is 11.4 Å². The molecule has 4 nitrogen and oxygen atoms in total. The van der Waals surface area contributed by atoms with Crippen molar-refractivity contribution < 1.29 is 14.7 Å². The van der Waals surface area contributed by atoms with E-state index in [0.29, 0.717) is 16.8 Å². The Labute approximate surface area is 149 Å². The first-order chi connectivity index (χ1) is 10.4. The van der Waals surface area contributed by atoms with E-state index >= 15 is 0 Å². The second kappa shape index (κ2) is 5.75. The number of Topliss-reactive ketones (excluding diaryl/α,β-unsaturated/α-hetero) is 1. The highest BCUT2D eigenvalue weighted by atomic mass is 127. The van der Waals surface area contributed by atoms with Gasteiger partial charge < -0.3 is 10.4 Å². The standard InChI is InChI=1S/C16H11BrINO3/c17-10-3-6-13-12(7-10)16(22,15(21)19-13)8-14(20)9-1-4-11(18)5-2-9/h1-7,22H,8H2,(H,19,21)/t16-/m0/s1. The van der Waals surface area contributed by atoms with E-state index in [4.69, 9.17) is 0 Å². The maximum absolute atomic E-state index is 12.4. The van der Waals surface area contributed by atoms with E-state index in [1.807, 2.05) is 12.1 Å². The van der Waals surface area contributed by atoms with Gasteiger partial charge in [-0.05, 0) is 52.9 Å². The number of carbonyl (C=O) groups is 2. The number of anilines is 1. The van der Waals surface area contributed by atoms with Crippen molar-refractivity contribution in [3.63, 3.8) is 0 Å². The van der Waals surface area contributed by atoms with E-state index in [9.17, 15) is 14.7 Å². The Morgan fingerprint density at radius 1 is 1.23 bits per heavy atom. The molecular formula is C16H11BrINO3. The molecule has 2 aromatic rings. The molecule has 0 unspecified atom stereocenters. The Balaban J connectivity index is 1.94. The summed E-state index contributed by atoms with van der Waals surface area (Å²) in [4.78, 5) is 24.6. The number of halogens is 2. The minimum Gasteiger partial charge on any atom is -0.375 e. The molecule has 0 radical (unpaired) electrons. The first-order valence-corrected chi connectivity index (χ1v) is 8.40. The summed E-state index contributed by atoms with van der Waals surface area (Å²) in [5, 5.41) is 13.4. The zero-order valence-electron chi connectivity index (χ0n) is 11.3. The lowest BCUT2D eigenvalue weighted by Crippen LogP contribution is -2.36. The molecule has 0 saturated heterocycles. The Bertz CT molecular complexity index is 775. The second-order valence-corrected chi connectivity index (χ2v) is 7.27. The van der Waals surface area contributed by atoms with E-state index in [1.165, 1.54) is 0 Å². The Morgan fingerprint density at radius 2 is 1.91 bits per heavy atom. The number of benzene rings is 2. The lowest BCUT2D eigenvalue weighted by molar-refractivity contribution is -0.133. The normalized spacial score (nSPS) is 19.7. The van der Waals surface area contributed by atoms with Crippen LogP contribution in [-0.4, -0.2) is 16.8 Å². The van der Waals surface area contributed by atoms with Gasteiger partial charge in [0.05, 0.1) is 6.42 Å². The third kappa shape index (κ3) is 2.70. The minimum absolute atomic E-state index is 0.276. The molecule has 0 saturated carbocycles. The number of fused-ring (bicyclic) bond motifs is 1. The number of ketones is 1. The van der Waals surface area contributed by atoms with Gasteiger partial charge in [0.1, 0.15) is 0 Å². The molecular weight excluding hydrogens is 461 g/mol. The lowest BCUT2D eigenvalue weighted by atomic mass is 9.88. The molecule has 0 bridgehead atoms. The quantitative estimate of drug-likeness (QED) is 0.532. The summed E-state index contributed by atoms with van der Waals surface area (Å²) in [5.41, 5.74) is -0.402. The van der Waals surface area contributed by atoms with Crippen LogP contribution in [0.3, 0.4) is 0 Å². The summed E-state index contributed by atoms with van der Waals surface area (Å²) in [6.07, 6.45) is -0.289. The fourth-order valence-corrected chi connectivity index (χ4v) is 3.18. The van der Waals surface area contributed by atoms with Crippen LogP contribution in [0.4, 0.5) is 5.69 Å². The molecule has 22 heavy (non-hydrogen) atoms. The van der Waals surface area contributed by atoms with Crippen molar-refractivity contribution in [2.75, 3.05) is 5.32 Å². The fourth-order valence-electron chi connectivity index (χ4n) is 2.46. The van der Waals surface area contributed by atoms with E-state index < -0.39 is 11.5 Å². The van der Waals surface area contributed by atoms with Crippen LogP contribution < -0.4 is 5.32 Å². The highest BCUT2D eigenvalue weighted by molar-refractivity contribution is 14.1. The SMILES string of the molecule is O=C(C[C@@]1(O)C(=O)Nc2ccc(Br)cc21)c1ccc(I)cc1. The number of rotatable bonds is 3.